The number of nitrogens with zero attached hydrogens (tertiary/aromatic N) is 3. The SMILES string of the molecule is Cc1nn(C)cc1C(=O)N1C[C@@H](c2ccccc2)O[C@@H](C2CC2)C1. The zero-order valence-corrected chi connectivity index (χ0v) is 14.2. The quantitative estimate of drug-likeness (QED) is 0.872. The van der Waals surface area contributed by atoms with Gasteiger partial charge in [-0.05, 0) is 31.2 Å². The van der Waals surface area contributed by atoms with Crippen LogP contribution in [0.25, 0.3) is 0 Å². The number of aryl methyl sites for hydroxylation is 2. The number of aromatic nitrogens is 2. The number of rotatable bonds is 3. The van der Waals surface area contributed by atoms with E-state index in [1.54, 1.807) is 4.68 Å². The van der Waals surface area contributed by atoms with Crippen LogP contribution in [0.15, 0.2) is 36.5 Å². The molecular weight excluding hydrogens is 302 g/mol. The Morgan fingerprint density at radius 1 is 1.21 bits per heavy atom. The molecule has 0 N–H and O–H groups in total. The van der Waals surface area contributed by atoms with E-state index in [9.17, 15) is 4.79 Å². The van der Waals surface area contributed by atoms with Gasteiger partial charge in [0.25, 0.3) is 5.91 Å². The summed E-state index contributed by atoms with van der Waals surface area (Å²) in [4.78, 5) is 15.0. The van der Waals surface area contributed by atoms with E-state index in [1.165, 1.54) is 12.8 Å². The van der Waals surface area contributed by atoms with Gasteiger partial charge in [0.15, 0.2) is 0 Å². The molecule has 1 amide bonds. The van der Waals surface area contributed by atoms with Crippen LogP contribution in [0.1, 0.15) is 40.6 Å². The van der Waals surface area contributed by atoms with Crippen molar-refractivity contribution in [2.45, 2.75) is 32.0 Å². The Bertz CT molecular complexity index is 736. The largest absolute Gasteiger partial charge is 0.366 e. The number of morpholine rings is 1. The Hall–Kier alpha value is -2.14. The van der Waals surface area contributed by atoms with Crippen molar-refractivity contribution in [2.24, 2.45) is 13.0 Å². The highest BCUT2D eigenvalue weighted by Crippen LogP contribution is 2.39. The molecule has 2 aromatic rings. The highest BCUT2D eigenvalue weighted by Gasteiger charge is 2.40. The van der Waals surface area contributed by atoms with Gasteiger partial charge in [0.2, 0.25) is 0 Å². The molecule has 24 heavy (non-hydrogen) atoms. The van der Waals surface area contributed by atoms with Crippen LogP contribution in [0, 0.1) is 12.8 Å². The molecule has 0 bridgehead atoms. The fraction of sp³-hybridized carbons (Fsp3) is 0.474. The van der Waals surface area contributed by atoms with Gasteiger partial charge in [-0.15, -0.1) is 0 Å². The number of carbonyl (C=O) groups is 1. The molecule has 4 rings (SSSR count). The molecule has 1 aliphatic heterocycles. The Morgan fingerprint density at radius 2 is 1.96 bits per heavy atom. The first-order chi connectivity index (χ1) is 11.6. The summed E-state index contributed by atoms with van der Waals surface area (Å²) in [6, 6.07) is 10.2. The molecule has 2 atom stereocenters. The summed E-state index contributed by atoms with van der Waals surface area (Å²) in [5.41, 5.74) is 2.62. The second-order valence-corrected chi connectivity index (χ2v) is 6.92. The van der Waals surface area contributed by atoms with E-state index < -0.39 is 0 Å². The van der Waals surface area contributed by atoms with Crippen molar-refractivity contribution >= 4 is 5.91 Å². The minimum atomic E-state index is -0.0496. The summed E-state index contributed by atoms with van der Waals surface area (Å²) in [6.07, 6.45) is 4.33. The van der Waals surface area contributed by atoms with E-state index in [0.717, 1.165) is 11.3 Å². The van der Waals surface area contributed by atoms with Crippen molar-refractivity contribution in [1.29, 1.82) is 0 Å². The van der Waals surface area contributed by atoms with Crippen molar-refractivity contribution in [3.8, 4) is 0 Å². The molecule has 1 saturated heterocycles. The van der Waals surface area contributed by atoms with Gasteiger partial charge in [-0.2, -0.15) is 5.10 Å². The van der Waals surface area contributed by atoms with Crippen molar-refractivity contribution in [1.82, 2.24) is 14.7 Å². The van der Waals surface area contributed by atoms with E-state index in [2.05, 4.69) is 17.2 Å². The van der Waals surface area contributed by atoms with E-state index in [0.29, 0.717) is 24.6 Å². The Kier molecular flexibility index (Phi) is 3.88. The maximum atomic E-state index is 13.0. The lowest BCUT2D eigenvalue weighted by Gasteiger charge is -2.38. The lowest BCUT2D eigenvalue weighted by molar-refractivity contribution is -0.0864. The summed E-state index contributed by atoms with van der Waals surface area (Å²) in [6.45, 7) is 3.17. The van der Waals surface area contributed by atoms with Crippen molar-refractivity contribution in [2.75, 3.05) is 13.1 Å². The highest BCUT2D eigenvalue weighted by atomic mass is 16.5. The molecule has 5 heteroatoms. The van der Waals surface area contributed by atoms with Crippen molar-refractivity contribution in [3.05, 3.63) is 53.3 Å². The average molecular weight is 325 g/mol. The first kappa shape index (κ1) is 15.4. The van der Waals surface area contributed by atoms with Gasteiger partial charge < -0.3 is 9.64 Å². The molecule has 2 heterocycles. The minimum Gasteiger partial charge on any atom is -0.366 e. The first-order valence-corrected chi connectivity index (χ1v) is 8.61. The molecule has 5 nitrogen and oxygen atoms in total. The molecule has 2 fully saturated rings. The molecule has 0 radical (unpaired) electrons. The van der Waals surface area contributed by atoms with Gasteiger partial charge in [-0.1, -0.05) is 30.3 Å². The van der Waals surface area contributed by atoms with Gasteiger partial charge in [0.05, 0.1) is 23.9 Å². The summed E-state index contributed by atoms with van der Waals surface area (Å²) < 4.78 is 8.04. The highest BCUT2D eigenvalue weighted by molar-refractivity contribution is 5.95. The second-order valence-electron chi connectivity index (χ2n) is 6.92. The maximum Gasteiger partial charge on any atom is 0.257 e. The molecule has 126 valence electrons. The van der Waals surface area contributed by atoms with Crippen LogP contribution in [-0.4, -0.2) is 39.8 Å². The third kappa shape index (κ3) is 2.96. The molecule has 0 unspecified atom stereocenters. The van der Waals surface area contributed by atoms with Gasteiger partial charge in [0.1, 0.15) is 6.10 Å². The number of hydrogen-bond acceptors (Lipinski definition) is 3. The van der Waals surface area contributed by atoms with Crippen LogP contribution >= 0.6 is 0 Å². The van der Waals surface area contributed by atoms with Crippen molar-refractivity contribution < 1.29 is 9.53 Å². The Labute approximate surface area is 142 Å². The second kappa shape index (κ2) is 6.06. The first-order valence-electron chi connectivity index (χ1n) is 8.61. The van der Waals surface area contributed by atoms with Crippen LogP contribution < -0.4 is 0 Å². The molecule has 0 spiro atoms. The molecule has 1 saturated carbocycles. The lowest BCUT2D eigenvalue weighted by Crippen LogP contribution is -2.47. The molecular formula is C19H23N3O2. The number of hydrogen-bond donors (Lipinski definition) is 0. The van der Waals surface area contributed by atoms with E-state index in [-0.39, 0.29) is 18.1 Å². The predicted octanol–water partition coefficient (Wildman–Crippen LogP) is 2.72. The number of benzene rings is 1. The lowest BCUT2D eigenvalue weighted by atomic mass is 10.0. The summed E-state index contributed by atoms with van der Waals surface area (Å²) in [7, 11) is 1.85. The van der Waals surface area contributed by atoms with Crippen LogP contribution in [0.5, 0.6) is 0 Å². The summed E-state index contributed by atoms with van der Waals surface area (Å²) in [5, 5.41) is 4.31. The summed E-state index contributed by atoms with van der Waals surface area (Å²) in [5.74, 6) is 0.664. The summed E-state index contributed by atoms with van der Waals surface area (Å²) >= 11 is 0. The number of amides is 1. The number of ether oxygens (including phenoxy) is 1. The zero-order valence-electron chi connectivity index (χ0n) is 14.2. The van der Waals surface area contributed by atoms with Crippen LogP contribution in [0.2, 0.25) is 0 Å². The van der Waals surface area contributed by atoms with Crippen molar-refractivity contribution in [3.63, 3.8) is 0 Å². The smallest absolute Gasteiger partial charge is 0.257 e. The van der Waals surface area contributed by atoms with E-state index in [1.807, 2.05) is 43.3 Å². The Morgan fingerprint density at radius 3 is 2.58 bits per heavy atom. The third-order valence-corrected chi connectivity index (χ3v) is 4.98. The predicted molar refractivity (Wildman–Crippen MR) is 90.6 cm³/mol. The Balaban J connectivity index is 1.59. The van der Waals surface area contributed by atoms with Gasteiger partial charge in [0, 0.05) is 19.8 Å². The van der Waals surface area contributed by atoms with E-state index >= 15 is 0 Å². The topological polar surface area (TPSA) is 47.4 Å². The van der Waals surface area contributed by atoms with Crippen LogP contribution in [0.4, 0.5) is 0 Å². The number of carbonyl (C=O) groups excluding carboxylic acids is 1. The maximum absolute atomic E-state index is 13.0. The molecule has 1 aliphatic carbocycles. The monoisotopic (exact) mass is 325 g/mol. The fourth-order valence-corrected chi connectivity index (χ4v) is 3.51. The normalized spacial score (nSPS) is 24.2. The van der Waals surface area contributed by atoms with Gasteiger partial charge in [-0.25, -0.2) is 0 Å². The van der Waals surface area contributed by atoms with Crippen LogP contribution in [0.3, 0.4) is 0 Å². The standard InChI is InChI=1S/C19H23N3O2/c1-13-16(10-21(2)20-13)19(23)22-11-17(14-6-4-3-5-7-14)24-18(12-22)15-8-9-15/h3-7,10,15,17-18H,8-9,11-12H2,1-2H3/t17-,18+/m0/s1. The average Bonchev–Trinajstić information content (AvgIpc) is 3.39. The minimum absolute atomic E-state index is 0.0496. The third-order valence-electron chi connectivity index (χ3n) is 4.98. The molecule has 1 aromatic heterocycles. The van der Waals surface area contributed by atoms with Gasteiger partial charge >= 0.3 is 0 Å². The molecule has 1 aromatic carbocycles. The van der Waals surface area contributed by atoms with E-state index in [4.69, 9.17) is 4.74 Å². The molecule has 2 aliphatic rings. The zero-order chi connectivity index (χ0) is 16.7. The fourth-order valence-electron chi connectivity index (χ4n) is 3.51. The van der Waals surface area contributed by atoms with Crippen LogP contribution in [-0.2, 0) is 11.8 Å². The van der Waals surface area contributed by atoms with Gasteiger partial charge in [-0.3, -0.25) is 9.48 Å².